The minimum absolute atomic E-state index is 0.0331. The van der Waals surface area contributed by atoms with E-state index in [9.17, 15) is 0 Å². The molecule has 0 bridgehead atoms. The van der Waals surface area contributed by atoms with Gasteiger partial charge in [-0.15, -0.1) is 0 Å². The second kappa shape index (κ2) is 10.6. The van der Waals surface area contributed by atoms with E-state index in [2.05, 4.69) is 194 Å². The van der Waals surface area contributed by atoms with Gasteiger partial charge in [-0.05, 0) is 88.7 Å². The van der Waals surface area contributed by atoms with Gasteiger partial charge in [-0.2, -0.15) is 0 Å². The van der Waals surface area contributed by atoms with Gasteiger partial charge in [-0.1, -0.05) is 71.9 Å². The lowest BCUT2D eigenvalue weighted by Crippen LogP contribution is -2.25. The van der Waals surface area contributed by atoms with Crippen LogP contribution in [-0.4, -0.2) is 36.9 Å². The topological polar surface area (TPSA) is 21.1 Å². The second-order valence-corrected chi connectivity index (χ2v) is 16.4. The zero-order valence-corrected chi connectivity index (χ0v) is 30.5. The molecule has 0 unspecified atom stereocenters. The summed E-state index contributed by atoms with van der Waals surface area (Å²) in [5.41, 5.74) is 14.8. The van der Waals surface area contributed by atoms with Crippen molar-refractivity contribution in [3.8, 4) is 5.69 Å². The van der Waals surface area contributed by atoms with Crippen LogP contribution in [0, 0.1) is 0 Å². The van der Waals surface area contributed by atoms with Gasteiger partial charge in [0.05, 0.1) is 52.8 Å². The summed E-state index contributed by atoms with van der Waals surface area (Å²) in [7, 11) is 4.31. The van der Waals surface area contributed by atoms with Gasteiger partial charge in [0.2, 0.25) is 0 Å². The van der Waals surface area contributed by atoms with E-state index in [4.69, 9.17) is 0 Å². The van der Waals surface area contributed by atoms with Crippen molar-refractivity contribution in [2.24, 2.45) is 0 Å². The Morgan fingerprint density at radius 1 is 0.520 bits per heavy atom. The molecule has 0 amide bonds. The largest absolute Gasteiger partial charge is 0.361 e. The van der Waals surface area contributed by atoms with Gasteiger partial charge in [-0.25, -0.2) is 0 Å². The molecule has 50 heavy (non-hydrogen) atoms. The maximum Gasteiger partial charge on any atom is 0.0950 e. The number of fused-ring (bicyclic) bond motifs is 6. The molecular weight excluding hydrogens is 613 g/mol. The van der Waals surface area contributed by atoms with Crippen molar-refractivity contribution >= 4 is 61.6 Å². The zero-order chi connectivity index (χ0) is 34.7. The van der Waals surface area contributed by atoms with Gasteiger partial charge >= 0.3 is 0 Å². The highest BCUT2D eigenvalue weighted by molar-refractivity contribution is 6.17. The van der Waals surface area contributed by atoms with Crippen LogP contribution >= 0.6 is 0 Å². The van der Waals surface area contributed by atoms with Crippen molar-refractivity contribution in [1.82, 2.24) is 9.47 Å². The molecule has 0 saturated heterocycles. The number of hydrogen-bond donors (Lipinski definition) is 0. The van der Waals surface area contributed by atoms with E-state index in [0.717, 1.165) is 13.3 Å². The fourth-order valence-corrected chi connectivity index (χ4v) is 8.02. The lowest BCUT2D eigenvalue weighted by atomic mass is 9.86. The number of nitrogens with zero attached hydrogens (tertiary/aromatic N) is 6. The lowest BCUT2D eigenvalue weighted by molar-refractivity contribution is 0.495. The number of anilines is 7. The second-order valence-electron chi connectivity index (χ2n) is 16.4. The van der Waals surface area contributed by atoms with Crippen LogP contribution in [0.15, 0.2) is 109 Å². The Morgan fingerprint density at radius 3 is 2.00 bits per heavy atom. The molecule has 1 aromatic heterocycles. The van der Waals surface area contributed by atoms with E-state index in [0.29, 0.717) is 0 Å². The Balaban J connectivity index is 1.33. The Bertz CT molecular complexity index is 2370. The van der Waals surface area contributed by atoms with Crippen LogP contribution in [0.25, 0.3) is 27.5 Å². The maximum absolute atomic E-state index is 2.53. The average Bonchev–Trinajstić information content (AvgIpc) is 3.78. The van der Waals surface area contributed by atoms with Crippen molar-refractivity contribution in [3.05, 3.63) is 121 Å². The summed E-state index contributed by atoms with van der Waals surface area (Å²) in [4.78, 5) is 11.9. The molecule has 0 N–H and O–H groups in total. The highest BCUT2D eigenvalue weighted by Gasteiger charge is 2.32. The molecule has 6 heteroatoms. The van der Waals surface area contributed by atoms with Crippen LogP contribution in [0.3, 0.4) is 0 Å². The Labute approximate surface area is 296 Å². The summed E-state index contributed by atoms with van der Waals surface area (Å²) >= 11 is 0. The molecule has 4 heterocycles. The number of benzene rings is 5. The third-order valence-electron chi connectivity index (χ3n) is 10.8. The van der Waals surface area contributed by atoms with Gasteiger partial charge in [0.25, 0.3) is 0 Å². The molecule has 0 fully saturated rings. The number of aromatic nitrogens is 1. The first-order valence-corrected chi connectivity index (χ1v) is 17.8. The highest BCUT2D eigenvalue weighted by atomic mass is 15.4. The van der Waals surface area contributed by atoms with E-state index in [-0.39, 0.29) is 10.8 Å². The normalized spacial score (nSPS) is 15.6. The smallest absolute Gasteiger partial charge is 0.0950 e. The zero-order valence-electron chi connectivity index (χ0n) is 30.5. The van der Waals surface area contributed by atoms with Crippen LogP contribution in [0.1, 0.15) is 52.7 Å². The first-order chi connectivity index (χ1) is 23.9. The summed E-state index contributed by atoms with van der Waals surface area (Å²) in [5, 5.41) is 2.59. The molecule has 6 aromatic rings. The fourth-order valence-electron chi connectivity index (χ4n) is 8.02. The molecule has 3 aliphatic heterocycles. The van der Waals surface area contributed by atoms with Crippen molar-refractivity contribution in [2.75, 3.05) is 47.0 Å². The van der Waals surface area contributed by atoms with E-state index in [1.54, 1.807) is 0 Å². The molecule has 0 radical (unpaired) electrons. The first-order valence-electron chi connectivity index (χ1n) is 17.8. The predicted molar refractivity (Wildman–Crippen MR) is 213 cm³/mol. The summed E-state index contributed by atoms with van der Waals surface area (Å²) in [5.74, 6) is 0. The molecule has 0 spiro atoms. The van der Waals surface area contributed by atoms with E-state index < -0.39 is 0 Å². The predicted octanol–water partition coefficient (Wildman–Crippen LogP) is 10.9. The molecular formula is C44H46N6. The van der Waals surface area contributed by atoms with Crippen molar-refractivity contribution in [1.29, 1.82) is 0 Å². The van der Waals surface area contributed by atoms with Crippen LogP contribution in [0.2, 0.25) is 0 Å². The maximum atomic E-state index is 2.53. The highest BCUT2D eigenvalue weighted by Crippen LogP contribution is 2.52. The fraction of sp³-hybridized carbons (Fsp3) is 0.273. The lowest BCUT2D eigenvalue weighted by Gasteiger charge is -2.36. The van der Waals surface area contributed by atoms with Gasteiger partial charge in [0.15, 0.2) is 0 Å². The summed E-state index contributed by atoms with van der Waals surface area (Å²) in [6.45, 7) is 15.5. The molecule has 0 atom stereocenters. The molecule has 9 rings (SSSR count). The van der Waals surface area contributed by atoms with E-state index >= 15 is 0 Å². The molecule has 0 aliphatic carbocycles. The van der Waals surface area contributed by atoms with E-state index in [1.807, 2.05) is 0 Å². The number of rotatable bonds is 3. The third-order valence-corrected chi connectivity index (χ3v) is 10.8. The summed E-state index contributed by atoms with van der Waals surface area (Å²) < 4.78 is 2.51. The summed E-state index contributed by atoms with van der Waals surface area (Å²) in [6.07, 6.45) is 4.35. The van der Waals surface area contributed by atoms with Gasteiger partial charge < -0.3 is 29.1 Å². The number of hydrogen-bond acceptors (Lipinski definition) is 5. The van der Waals surface area contributed by atoms with Crippen LogP contribution in [0.4, 0.5) is 39.8 Å². The Hall–Kier alpha value is -5.36. The molecule has 0 saturated carbocycles. The van der Waals surface area contributed by atoms with Crippen molar-refractivity contribution in [3.63, 3.8) is 0 Å². The van der Waals surface area contributed by atoms with Gasteiger partial charge in [0.1, 0.15) is 0 Å². The minimum atomic E-state index is -0.0331. The van der Waals surface area contributed by atoms with Crippen LogP contribution in [-0.2, 0) is 10.8 Å². The third kappa shape index (κ3) is 4.61. The van der Waals surface area contributed by atoms with Gasteiger partial charge in [-0.3, -0.25) is 0 Å². The Morgan fingerprint density at radius 2 is 1.26 bits per heavy atom. The standard InChI is InChI=1S/C44H46N6/c1-43(2,3)29-16-18-36-35(24-29)34-12-11-15-40-42(34)50(36)39-19-17-31(48-28-46(8)37-13-9-10-14-38(37)48)26-41(39)49(40)33-23-30(44(4,5)6)22-32(25-33)47-21-20-45(7)27-47/h9-26H,27-28H2,1-8H3. The monoisotopic (exact) mass is 658 g/mol. The molecule has 5 aromatic carbocycles. The number of para-hydroxylation sites is 3. The molecule has 3 aliphatic rings. The van der Waals surface area contributed by atoms with Crippen LogP contribution < -0.4 is 19.6 Å². The SMILES string of the molecule is CN1C=CN(c2cc(N3c4cc(N5CN(C)c6ccccc65)ccc4-n4c5ccc(C(C)(C)C)cc5c5cccc3c54)cc(C(C)(C)C)c2)C1. The van der Waals surface area contributed by atoms with Crippen LogP contribution in [0.5, 0.6) is 0 Å². The first kappa shape index (κ1) is 30.7. The molecule has 6 nitrogen and oxygen atoms in total. The Kier molecular flexibility index (Phi) is 6.49. The molecule has 252 valence electrons. The summed E-state index contributed by atoms with van der Waals surface area (Å²) in [6, 6.07) is 36.9. The van der Waals surface area contributed by atoms with E-state index in [1.165, 1.54) is 78.4 Å². The quantitative estimate of drug-likeness (QED) is 0.188. The average molecular weight is 659 g/mol. The van der Waals surface area contributed by atoms with Crippen molar-refractivity contribution < 1.29 is 0 Å². The van der Waals surface area contributed by atoms with Crippen molar-refractivity contribution in [2.45, 2.75) is 52.4 Å². The van der Waals surface area contributed by atoms with Gasteiger partial charge in [0, 0.05) is 54.3 Å². The minimum Gasteiger partial charge on any atom is -0.361 e.